The Morgan fingerprint density at radius 2 is 1.88 bits per heavy atom. The summed E-state index contributed by atoms with van der Waals surface area (Å²) >= 11 is 0. The van der Waals surface area contributed by atoms with Crippen molar-refractivity contribution >= 4 is 5.91 Å². The molecular formula is C25H25N3O4. The molecule has 1 atom stereocenters. The number of aromatic nitrogens is 1. The molecular weight excluding hydrogens is 406 g/mol. The second-order valence-corrected chi connectivity index (χ2v) is 7.27. The minimum Gasteiger partial charge on any atom is -0.490 e. The summed E-state index contributed by atoms with van der Waals surface area (Å²) in [6, 6.07) is 18.3. The number of nitriles is 1. The van der Waals surface area contributed by atoms with Crippen LogP contribution in [0.3, 0.4) is 0 Å². The van der Waals surface area contributed by atoms with Crippen LogP contribution in [0, 0.1) is 18.3 Å². The van der Waals surface area contributed by atoms with Gasteiger partial charge in [0.05, 0.1) is 12.6 Å². The van der Waals surface area contributed by atoms with Crippen LogP contribution in [0.1, 0.15) is 36.7 Å². The number of ether oxygens (including phenoxy) is 2. The van der Waals surface area contributed by atoms with Gasteiger partial charge in [0.25, 0.3) is 11.5 Å². The van der Waals surface area contributed by atoms with E-state index in [4.69, 9.17) is 9.47 Å². The van der Waals surface area contributed by atoms with E-state index in [0.717, 1.165) is 5.56 Å². The van der Waals surface area contributed by atoms with E-state index in [1.165, 1.54) is 0 Å². The first-order chi connectivity index (χ1) is 15.4. The lowest BCUT2D eigenvalue weighted by atomic mass is 10.0. The number of amides is 1. The van der Waals surface area contributed by atoms with Crippen LogP contribution in [0.25, 0.3) is 11.1 Å². The smallest absolute Gasteiger partial charge is 0.266 e. The normalized spacial score (nSPS) is 11.3. The number of carbonyl (C=O) groups excluding carboxylic acids is 1. The van der Waals surface area contributed by atoms with Gasteiger partial charge in [0.1, 0.15) is 11.6 Å². The molecule has 0 fully saturated rings. The predicted molar refractivity (Wildman–Crippen MR) is 122 cm³/mol. The molecule has 0 aliphatic carbocycles. The van der Waals surface area contributed by atoms with Gasteiger partial charge in [-0.2, -0.15) is 5.26 Å². The summed E-state index contributed by atoms with van der Waals surface area (Å²) in [5.74, 6) is 0.568. The fourth-order valence-electron chi connectivity index (χ4n) is 3.34. The number of pyridine rings is 1. The molecule has 0 saturated heterocycles. The average molecular weight is 431 g/mol. The van der Waals surface area contributed by atoms with E-state index < -0.39 is 5.56 Å². The van der Waals surface area contributed by atoms with Gasteiger partial charge in [0.15, 0.2) is 18.1 Å². The van der Waals surface area contributed by atoms with Crippen LogP contribution in [0.2, 0.25) is 0 Å². The number of aromatic amines is 1. The number of hydrogen-bond acceptors (Lipinski definition) is 5. The first kappa shape index (κ1) is 22.6. The van der Waals surface area contributed by atoms with Gasteiger partial charge in [-0.15, -0.1) is 0 Å². The number of rotatable bonds is 8. The molecule has 3 aromatic rings. The summed E-state index contributed by atoms with van der Waals surface area (Å²) in [6.45, 7) is 5.70. The molecule has 1 amide bonds. The largest absolute Gasteiger partial charge is 0.490 e. The number of nitrogens with zero attached hydrogens (tertiary/aromatic N) is 1. The number of nitrogens with one attached hydrogen (secondary N) is 2. The minimum absolute atomic E-state index is 0.0287. The molecule has 0 aliphatic rings. The summed E-state index contributed by atoms with van der Waals surface area (Å²) in [5, 5.41) is 12.3. The number of benzene rings is 2. The number of carbonyl (C=O) groups is 1. The number of aryl methyl sites for hydroxylation is 1. The molecule has 0 saturated carbocycles. The molecule has 3 rings (SSSR count). The van der Waals surface area contributed by atoms with Crippen molar-refractivity contribution in [3.05, 3.63) is 81.8 Å². The summed E-state index contributed by atoms with van der Waals surface area (Å²) in [6.07, 6.45) is 0. The minimum atomic E-state index is -0.440. The highest BCUT2D eigenvalue weighted by Gasteiger charge is 2.15. The van der Waals surface area contributed by atoms with Crippen molar-refractivity contribution in [1.82, 2.24) is 10.3 Å². The van der Waals surface area contributed by atoms with Gasteiger partial charge < -0.3 is 19.8 Å². The Balaban J connectivity index is 1.78. The van der Waals surface area contributed by atoms with E-state index in [2.05, 4.69) is 10.3 Å². The van der Waals surface area contributed by atoms with Crippen LogP contribution in [-0.4, -0.2) is 24.1 Å². The zero-order chi connectivity index (χ0) is 23.1. The summed E-state index contributed by atoms with van der Waals surface area (Å²) < 4.78 is 11.4. The Morgan fingerprint density at radius 3 is 2.56 bits per heavy atom. The van der Waals surface area contributed by atoms with Crippen LogP contribution in [0.15, 0.2) is 59.4 Å². The Morgan fingerprint density at radius 1 is 1.12 bits per heavy atom. The lowest BCUT2D eigenvalue weighted by Crippen LogP contribution is -2.31. The molecule has 32 heavy (non-hydrogen) atoms. The van der Waals surface area contributed by atoms with Gasteiger partial charge in [-0.25, -0.2) is 0 Å². The van der Waals surface area contributed by atoms with Gasteiger partial charge in [0, 0.05) is 11.3 Å². The van der Waals surface area contributed by atoms with Gasteiger partial charge in [0.2, 0.25) is 0 Å². The van der Waals surface area contributed by atoms with E-state index in [1.807, 2.05) is 50.2 Å². The third-order valence-corrected chi connectivity index (χ3v) is 4.87. The molecule has 0 radical (unpaired) electrons. The van der Waals surface area contributed by atoms with E-state index in [-0.39, 0.29) is 24.1 Å². The number of H-pyrrole nitrogens is 1. The molecule has 7 nitrogen and oxygen atoms in total. The molecule has 1 heterocycles. The zero-order valence-corrected chi connectivity index (χ0v) is 18.3. The second-order valence-electron chi connectivity index (χ2n) is 7.27. The van der Waals surface area contributed by atoms with Gasteiger partial charge >= 0.3 is 0 Å². The maximum absolute atomic E-state index is 12.4. The van der Waals surface area contributed by atoms with Gasteiger partial charge in [-0.05, 0) is 50.1 Å². The van der Waals surface area contributed by atoms with Crippen LogP contribution in [0.5, 0.6) is 11.5 Å². The fraction of sp³-hybridized carbons (Fsp3) is 0.240. The van der Waals surface area contributed by atoms with Gasteiger partial charge in [-0.1, -0.05) is 36.4 Å². The zero-order valence-electron chi connectivity index (χ0n) is 18.3. The third kappa shape index (κ3) is 5.35. The maximum Gasteiger partial charge on any atom is 0.266 e. The standard InChI is InChI=1S/C25H25N3O4/c1-4-31-23-13-19(20-12-16(2)27-25(30)21(20)14-26)10-11-22(23)32-15-24(29)28-17(3)18-8-6-5-7-9-18/h5-13,17H,4,15H2,1-3H3,(H,27,30)(H,28,29). The van der Waals surface area contributed by atoms with Crippen molar-refractivity contribution in [3.63, 3.8) is 0 Å². The third-order valence-electron chi connectivity index (χ3n) is 4.87. The highest BCUT2D eigenvalue weighted by Crippen LogP contribution is 2.33. The van der Waals surface area contributed by atoms with Gasteiger partial charge in [-0.3, -0.25) is 9.59 Å². The van der Waals surface area contributed by atoms with Crippen molar-refractivity contribution in [1.29, 1.82) is 5.26 Å². The molecule has 0 aliphatic heterocycles. The van der Waals surface area contributed by atoms with Crippen LogP contribution >= 0.6 is 0 Å². The molecule has 164 valence electrons. The molecule has 2 aromatic carbocycles. The Bertz CT molecular complexity index is 1200. The Labute approximate surface area is 186 Å². The quantitative estimate of drug-likeness (QED) is 0.563. The topological polar surface area (TPSA) is 104 Å². The summed E-state index contributed by atoms with van der Waals surface area (Å²) in [5.41, 5.74) is 2.39. The van der Waals surface area contributed by atoms with E-state index >= 15 is 0 Å². The highest BCUT2D eigenvalue weighted by atomic mass is 16.5. The van der Waals surface area contributed by atoms with Crippen molar-refractivity contribution in [2.45, 2.75) is 26.8 Å². The molecule has 7 heteroatoms. The van der Waals surface area contributed by atoms with Crippen LogP contribution < -0.4 is 20.3 Å². The van der Waals surface area contributed by atoms with Crippen molar-refractivity contribution in [2.24, 2.45) is 0 Å². The molecule has 0 spiro atoms. The molecule has 1 unspecified atom stereocenters. The monoisotopic (exact) mass is 431 g/mol. The lowest BCUT2D eigenvalue weighted by molar-refractivity contribution is -0.123. The molecule has 1 aromatic heterocycles. The SMILES string of the molecule is CCOc1cc(-c2cc(C)[nH]c(=O)c2C#N)ccc1OCC(=O)NC(C)c1ccccc1. The fourth-order valence-corrected chi connectivity index (χ4v) is 3.34. The van der Waals surface area contributed by atoms with Crippen molar-refractivity contribution in [3.8, 4) is 28.7 Å². The van der Waals surface area contributed by atoms with Crippen LogP contribution in [-0.2, 0) is 4.79 Å². The summed E-state index contributed by atoms with van der Waals surface area (Å²) in [7, 11) is 0. The van der Waals surface area contributed by atoms with E-state index in [0.29, 0.717) is 34.9 Å². The average Bonchev–Trinajstić information content (AvgIpc) is 2.78. The second kappa shape index (κ2) is 10.3. The first-order valence-electron chi connectivity index (χ1n) is 10.3. The lowest BCUT2D eigenvalue weighted by Gasteiger charge is -2.16. The summed E-state index contributed by atoms with van der Waals surface area (Å²) in [4.78, 5) is 27.1. The van der Waals surface area contributed by atoms with Crippen LogP contribution in [0.4, 0.5) is 0 Å². The molecule has 2 N–H and O–H groups in total. The van der Waals surface area contributed by atoms with E-state index in [9.17, 15) is 14.9 Å². The Kier molecular flexibility index (Phi) is 7.29. The highest BCUT2D eigenvalue weighted by molar-refractivity contribution is 5.78. The van der Waals surface area contributed by atoms with Crippen molar-refractivity contribution in [2.75, 3.05) is 13.2 Å². The number of hydrogen-bond donors (Lipinski definition) is 2. The predicted octanol–water partition coefficient (Wildman–Crippen LogP) is 3.88. The van der Waals surface area contributed by atoms with E-state index in [1.54, 1.807) is 31.2 Å². The molecule has 0 bridgehead atoms. The maximum atomic E-state index is 12.4. The Hall–Kier alpha value is -4.05. The van der Waals surface area contributed by atoms with Crippen molar-refractivity contribution < 1.29 is 14.3 Å². The first-order valence-corrected chi connectivity index (χ1v) is 10.3.